The second-order valence-corrected chi connectivity index (χ2v) is 1.87. The number of ether oxygens (including phenoxy) is 2. The van der Waals surface area contributed by atoms with Crippen molar-refractivity contribution in [3.05, 3.63) is 18.2 Å². The zero-order chi connectivity index (χ0) is 8.10. The van der Waals surface area contributed by atoms with Crippen molar-refractivity contribution in [3.63, 3.8) is 0 Å². The molecule has 0 saturated heterocycles. The van der Waals surface area contributed by atoms with Crippen LogP contribution in [0.1, 0.15) is 6.92 Å². The molecule has 0 unspecified atom stereocenters. The Labute approximate surface area is 66.0 Å². The van der Waals surface area contributed by atoms with Crippen LogP contribution in [0.4, 0.5) is 0 Å². The van der Waals surface area contributed by atoms with E-state index in [1.54, 1.807) is 19.2 Å². The lowest BCUT2D eigenvalue weighted by Crippen LogP contribution is -1.95. The van der Waals surface area contributed by atoms with Gasteiger partial charge in [-0.05, 0) is 13.0 Å². The summed E-state index contributed by atoms with van der Waals surface area (Å²) in [7, 11) is 1.57. The first-order valence-electron chi connectivity index (χ1n) is 3.42. The second-order valence-electron chi connectivity index (χ2n) is 1.87. The lowest BCUT2D eigenvalue weighted by atomic mass is 10.5. The van der Waals surface area contributed by atoms with Crippen molar-refractivity contribution in [2.24, 2.45) is 0 Å². The SMILES string of the molecule is CCOc1[c]ccc(OC)n1. The Morgan fingerprint density at radius 3 is 3.09 bits per heavy atom. The summed E-state index contributed by atoms with van der Waals surface area (Å²) in [4.78, 5) is 3.98. The smallest absolute Gasteiger partial charge is 0.224 e. The number of methoxy groups -OCH3 is 1. The summed E-state index contributed by atoms with van der Waals surface area (Å²) < 4.78 is 9.99. The molecule has 3 nitrogen and oxygen atoms in total. The standard InChI is InChI=1S/C8H10NO2/c1-3-11-8-6-4-5-7(9-8)10-2/h4-5H,3H2,1-2H3. The van der Waals surface area contributed by atoms with Crippen LogP contribution in [-0.2, 0) is 0 Å². The molecule has 0 aromatic carbocycles. The fourth-order valence-corrected chi connectivity index (χ4v) is 0.678. The van der Waals surface area contributed by atoms with Crippen LogP contribution in [0.3, 0.4) is 0 Å². The number of hydrogen-bond donors (Lipinski definition) is 0. The van der Waals surface area contributed by atoms with E-state index in [0.717, 1.165) is 0 Å². The third-order valence-electron chi connectivity index (χ3n) is 1.13. The number of nitrogens with zero attached hydrogens (tertiary/aromatic N) is 1. The highest BCUT2D eigenvalue weighted by Crippen LogP contribution is 2.11. The fourth-order valence-electron chi connectivity index (χ4n) is 0.678. The van der Waals surface area contributed by atoms with Gasteiger partial charge in [-0.1, -0.05) is 0 Å². The summed E-state index contributed by atoms with van der Waals surface area (Å²) in [6.45, 7) is 2.49. The highest BCUT2D eigenvalue weighted by atomic mass is 16.5. The third-order valence-corrected chi connectivity index (χ3v) is 1.13. The molecular formula is C8H10NO2. The molecule has 3 heteroatoms. The zero-order valence-electron chi connectivity index (χ0n) is 6.63. The minimum Gasteiger partial charge on any atom is -0.481 e. The summed E-state index contributed by atoms with van der Waals surface area (Å²) in [5.74, 6) is 1.03. The van der Waals surface area contributed by atoms with E-state index in [9.17, 15) is 0 Å². The molecule has 0 spiro atoms. The maximum Gasteiger partial charge on any atom is 0.224 e. The van der Waals surface area contributed by atoms with Gasteiger partial charge in [0.05, 0.1) is 13.7 Å². The molecule has 0 atom stereocenters. The van der Waals surface area contributed by atoms with Gasteiger partial charge in [0, 0.05) is 12.1 Å². The lowest BCUT2D eigenvalue weighted by Gasteiger charge is -2.02. The van der Waals surface area contributed by atoms with Crippen LogP contribution >= 0.6 is 0 Å². The molecule has 0 aliphatic carbocycles. The molecule has 1 aromatic heterocycles. The van der Waals surface area contributed by atoms with Crippen molar-refractivity contribution >= 4 is 0 Å². The van der Waals surface area contributed by atoms with E-state index in [2.05, 4.69) is 11.1 Å². The topological polar surface area (TPSA) is 31.4 Å². The maximum absolute atomic E-state index is 5.10. The van der Waals surface area contributed by atoms with Gasteiger partial charge in [-0.2, -0.15) is 4.98 Å². The van der Waals surface area contributed by atoms with Crippen molar-refractivity contribution in [1.82, 2.24) is 4.98 Å². The molecule has 0 amide bonds. The van der Waals surface area contributed by atoms with Crippen LogP contribution in [0.15, 0.2) is 12.1 Å². The summed E-state index contributed by atoms with van der Waals surface area (Å²) in [6.07, 6.45) is 0. The van der Waals surface area contributed by atoms with Gasteiger partial charge in [0.15, 0.2) is 0 Å². The van der Waals surface area contributed by atoms with Crippen LogP contribution in [0.25, 0.3) is 0 Å². The molecule has 11 heavy (non-hydrogen) atoms. The first-order valence-corrected chi connectivity index (χ1v) is 3.42. The van der Waals surface area contributed by atoms with Gasteiger partial charge in [-0.15, -0.1) is 0 Å². The molecule has 1 heterocycles. The Hall–Kier alpha value is -1.25. The van der Waals surface area contributed by atoms with E-state index < -0.39 is 0 Å². The second kappa shape index (κ2) is 3.81. The average Bonchev–Trinajstić information content (AvgIpc) is 2.06. The van der Waals surface area contributed by atoms with Gasteiger partial charge in [0.1, 0.15) is 0 Å². The Kier molecular flexibility index (Phi) is 2.72. The molecule has 0 N–H and O–H groups in total. The van der Waals surface area contributed by atoms with Crippen molar-refractivity contribution < 1.29 is 9.47 Å². The summed E-state index contributed by atoms with van der Waals surface area (Å²) >= 11 is 0. The molecule has 0 bridgehead atoms. The van der Waals surface area contributed by atoms with Crippen LogP contribution in [0.2, 0.25) is 0 Å². The zero-order valence-corrected chi connectivity index (χ0v) is 6.63. The summed E-state index contributed by atoms with van der Waals surface area (Å²) in [5, 5.41) is 0. The minimum atomic E-state index is 0.479. The highest BCUT2D eigenvalue weighted by molar-refractivity contribution is 5.17. The first-order chi connectivity index (χ1) is 5.36. The highest BCUT2D eigenvalue weighted by Gasteiger charge is 1.95. The predicted octanol–water partition coefficient (Wildman–Crippen LogP) is 1.29. The molecular weight excluding hydrogens is 142 g/mol. The molecule has 0 fully saturated rings. The largest absolute Gasteiger partial charge is 0.481 e. The van der Waals surface area contributed by atoms with Gasteiger partial charge in [-0.3, -0.25) is 0 Å². The van der Waals surface area contributed by atoms with Gasteiger partial charge in [-0.25, -0.2) is 0 Å². The molecule has 0 saturated carbocycles. The van der Waals surface area contributed by atoms with Crippen LogP contribution in [0.5, 0.6) is 11.8 Å². The predicted molar refractivity (Wildman–Crippen MR) is 40.8 cm³/mol. The van der Waals surface area contributed by atoms with E-state index in [1.807, 2.05) is 6.92 Å². The number of rotatable bonds is 3. The van der Waals surface area contributed by atoms with Gasteiger partial charge in [0.2, 0.25) is 11.8 Å². The Morgan fingerprint density at radius 2 is 2.45 bits per heavy atom. The van der Waals surface area contributed by atoms with E-state index >= 15 is 0 Å². The van der Waals surface area contributed by atoms with Crippen LogP contribution in [-0.4, -0.2) is 18.7 Å². The van der Waals surface area contributed by atoms with Crippen molar-refractivity contribution in [2.75, 3.05) is 13.7 Å². The monoisotopic (exact) mass is 152 g/mol. The molecule has 1 aromatic rings. The van der Waals surface area contributed by atoms with Crippen molar-refractivity contribution in [3.8, 4) is 11.8 Å². The summed E-state index contributed by atoms with van der Waals surface area (Å²) in [5.41, 5.74) is 0. The number of pyridine rings is 1. The molecule has 1 rings (SSSR count). The molecule has 0 aliphatic heterocycles. The van der Waals surface area contributed by atoms with Crippen molar-refractivity contribution in [2.45, 2.75) is 6.92 Å². The fraction of sp³-hybridized carbons (Fsp3) is 0.375. The van der Waals surface area contributed by atoms with Crippen LogP contribution in [0, 0.1) is 6.07 Å². The summed E-state index contributed by atoms with van der Waals surface area (Å²) in [6, 6.07) is 6.27. The Morgan fingerprint density at radius 1 is 1.64 bits per heavy atom. The Balaban J connectivity index is 2.74. The van der Waals surface area contributed by atoms with E-state index in [0.29, 0.717) is 18.4 Å². The van der Waals surface area contributed by atoms with Gasteiger partial charge >= 0.3 is 0 Å². The molecule has 1 radical (unpaired) electrons. The first kappa shape index (κ1) is 7.85. The average molecular weight is 152 g/mol. The lowest BCUT2D eigenvalue weighted by molar-refractivity contribution is 0.315. The minimum absolute atomic E-state index is 0.479. The van der Waals surface area contributed by atoms with Gasteiger partial charge < -0.3 is 9.47 Å². The van der Waals surface area contributed by atoms with E-state index in [4.69, 9.17) is 9.47 Å². The number of aromatic nitrogens is 1. The Bertz CT molecular complexity index is 225. The third kappa shape index (κ3) is 2.11. The number of hydrogen-bond acceptors (Lipinski definition) is 3. The molecule has 59 valence electrons. The van der Waals surface area contributed by atoms with E-state index in [1.165, 1.54) is 0 Å². The van der Waals surface area contributed by atoms with E-state index in [-0.39, 0.29) is 0 Å². The quantitative estimate of drug-likeness (QED) is 0.654. The normalized spacial score (nSPS) is 9.27. The van der Waals surface area contributed by atoms with Gasteiger partial charge in [0.25, 0.3) is 0 Å². The van der Waals surface area contributed by atoms with Crippen LogP contribution < -0.4 is 9.47 Å². The van der Waals surface area contributed by atoms with Crippen molar-refractivity contribution in [1.29, 1.82) is 0 Å². The molecule has 0 aliphatic rings. The maximum atomic E-state index is 5.10.